The number of alkyl halides is 1. The average Bonchev–Trinajstić information content (AvgIpc) is 3.22. The minimum Gasteiger partial charge on any atom is -0.550 e. The van der Waals surface area contributed by atoms with E-state index in [4.69, 9.17) is 33.9 Å². The second-order valence-corrected chi connectivity index (χ2v) is 20.5. The molecule has 0 bridgehead atoms. The number of rotatable bonds is 36. The van der Waals surface area contributed by atoms with Gasteiger partial charge in [-0.05, 0) is 73.0 Å². The maximum absolute atomic E-state index is 13.3. The van der Waals surface area contributed by atoms with Crippen LogP contribution < -0.4 is 11.3 Å². The van der Waals surface area contributed by atoms with E-state index < -0.39 is 11.4 Å². The van der Waals surface area contributed by atoms with Gasteiger partial charge in [0.05, 0.1) is 0 Å². The summed E-state index contributed by atoms with van der Waals surface area (Å²) in [6.45, 7) is 32.5. The number of hydrogen-bond acceptors (Lipinski definition) is 6. The first-order chi connectivity index (χ1) is 28.8. The van der Waals surface area contributed by atoms with Gasteiger partial charge in [-0.3, -0.25) is 4.79 Å². The monoisotopic (exact) mass is 895 g/mol. The van der Waals surface area contributed by atoms with Crippen molar-refractivity contribution in [2.75, 3.05) is 32.3 Å². The molecule has 0 aromatic carbocycles. The molecule has 0 aromatic heterocycles. The molecule has 0 amide bonds. The Kier molecular flexibility index (Phi) is 45.5. The molecule has 0 rings (SSSR count). The van der Waals surface area contributed by atoms with Gasteiger partial charge in [-0.15, -0.1) is 24.4 Å². The molecule has 6 nitrogen and oxygen atoms in total. The molecule has 0 spiro atoms. The molecule has 0 heterocycles. The lowest BCUT2D eigenvalue weighted by molar-refractivity contribution is -0.325. The normalized spacial score (nSPS) is 15.1. The highest BCUT2D eigenvalue weighted by Crippen LogP contribution is 2.45. The standard InChI is InChI=1S/C28H52O2.C14H25ClO.C13H26O2.H3N/c1-9-21-30-22-19-17-15-13-11-10-12-14-16-18-20-27(29)28(8,25(6)23(2)3)26(7)24(4)5;1-2-13-16-14-11-9-7-5-3-4-6-8-10-12-15;1-8(2)10(5)13(7,12(14)15)11(6)9(3)4;/h1,23-26H,10-22H2,2-8H3;1H,3-14H2;8-11H,1-7H3,(H,14,15);1H3/p-1. The summed E-state index contributed by atoms with van der Waals surface area (Å²) in [5, 5.41) is 11.4. The Morgan fingerprint density at radius 2 is 0.742 bits per heavy atom. The molecule has 0 aliphatic heterocycles. The average molecular weight is 896 g/mol. The van der Waals surface area contributed by atoms with Crippen molar-refractivity contribution in [1.29, 1.82) is 0 Å². The van der Waals surface area contributed by atoms with Crippen molar-refractivity contribution in [2.24, 2.45) is 58.2 Å². The molecule has 0 fully saturated rings. The molecular weight excluding hydrogens is 790 g/mol. The van der Waals surface area contributed by atoms with Crippen LogP contribution in [0.1, 0.15) is 225 Å². The molecule has 0 aromatic rings. The van der Waals surface area contributed by atoms with Crippen LogP contribution in [-0.4, -0.2) is 44.1 Å². The van der Waals surface area contributed by atoms with Gasteiger partial charge >= 0.3 is 0 Å². The molecule has 4 atom stereocenters. The Morgan fingerprint density at radius 3 is 1.00 bits per heavy atom. The summed E-state index contributed by atoms with van der Waals surface area (Å²) in [6.07, 6.45) is 35.1. The van der Waals surface area contributed by atoms with Crippen molar-refractivity contribution in [1.82, 2.24) is 6.15 Å². The van der Waals surface area contributed by atoms with Crippen molar-refractivity contribution in [3.05, 3.63) is 0 Å². The predicted octanol–water partition coefficient (Wildman–Crippen LogP) is 15.0. The molecule has 0 aliphatic rings. The highest BCUT2D eigenvalue weighted by molar-refractivity contribution is 6.17. The molecule has 3 N–H and O–H groups in total. The van der Waals surface area contributed by atoms with E-state index in [1.807, 2.05) is 20.8 Å². The number of unbranched alkanes of at least 4 members (excludes halogenated alkanes) is 17. The molecule has 0 saturated heterocycles. The van der Waals surface area contributed by atoms with Crippen molar-refractivity contribution >= 4 is 23.4 Å². The summed E-state index contributed by atoms with van der Waals surface area (Å²) < 4.78 is 10.5. The molecule has 4 unspecified atom stereocenters. The van der Waals surface area contributed by atoms with Crippen molar-refractivity contribution in [3.8, 4) is 24.7 Å². The fraction of sp³-hybridized carbons (Fsp3) is 0.891. The van der Waals surface area contributed by atoms with Gasteiger partial charge in [0.2, 0.25) is 0 Å². The number of carbonyl (C=O) groups is 2. The van der Waals surface area contributed by atoms with Crippen molar-refractivity contribution < 1.29 is 24.2 Å². The third-order valence-corrected chi connectivity index (χ3v) is 14.8. The van der Waals surface area contributed by atoms with E-state index in [9.17, 15) is 14.7 Å². The fourth-order valence-electron chi connectivity index (χ4n) is 8.45. The Labute approximate surface area is 392 Å². The molecule has 0 aliphatic carbocycles. The predicted molar refractivity (Wildman–Crippen MR) is 270 cm³/mol. The van der Waals surface area contributed by atoms with Gasteiger partial charge in [0.15, 0.2) is 0 Å². The summed E-state index contributed by atoms with van der Waals surface area (Å²) in [5.74, 6) is 8.25. The van der Waals surface area contributed by atoms with Crippen molar-refractivity contribution in [2.45, 2.75) is 225 Å². The number of hydrogen-bond donors (Lipinski definition) is 1. The van der Waals surface area contributed by atoms with E-state index in [0.717, 1.165) is 44.8 Å². The first kappa shape index (κ1) is 67.0. The summed E-state index contributed by atoms with van der Waals surface area (Å²) in [7, 11) is 0. The van der Waals surface area contributed by atoms with E-state index >= 15 is 0 Å². The second kappa shape index (κ2) is 42.1. The Hall–Kier alpha value is -1.57. The Bertz CT molecular complexity index is 1090. The second-order valence-electron chi connectivity index (χ2n) is 20.1. The largest absolute Gasteiger partial charge is 0.550 e. The number of carboxylic acids is 1. The molecule has 62 heavy (non-hydrogen) atoms. The number of aliphatic carboxylic acids is 1. The van der Waals surface area contributed by atoms with E-state index in [-0.39, 0.29) is 23.4 Å². The van der Waals surface area contributed by atoms with E-state index in [1.54, 1.807) is 0 Å². The van der Waals surface area contributed by atoms with E-state index in [2.05, 4.69) is 88.0 Å². The van der Waals surface area contributed by atoms with Crippen LogP contribution in [-0.2, 0) is 19.1 Å². The summed E-state index contributed by atoms with van der Waals surface area (Å²) in [6, 6.07) is 0. The van der Waals surface area contributed by atoms with Gasteiger partial charge in [-0.2, -0.15) is 0 Å². The van der Waals surface area contributed by atoms with Crippen LogP contribution in [0.15, 0.2) is 0 Å². The number of terminal acetylenes is 2. The number of halogens is 1. The molecule has 368 valence electrons. The molecule has 7 heteroatoms. The molecule has 0 saturated carbocycles. The van der Waals surface area contributed by atoms with Gasteiger partial charge in [0, 0.05) is 42.3 Å². The number of ether oxygens (including phenoxy) is 2. The summed E-state index contributed by atoms with van der Waals surface area (Å²) >= 11 is 5.61. The van der Waals surface area contributed by atoms with Crippen LogP contribution in [0.25, 0.3) is 0 Å². The lowest BCUT2D eigenvalue weighted by atomic mass is 9.59. The summed E-state index contributed by atoms with van der Waals surface area (Å²) in [5.41, 5.74) is -0.934. The number of carboxylic acid groups (broad SMARTS) is 1. The number of carbonyl (C=O) groups excluding carboxylic acids is 2. The zero-order valence-electron chi connectivity index (χ0n) is 43.6. The SMILES string of the molecule is C#CCOCCCCCCCCCCCCC(=O)C(C)(C(C)C(C)C)C(C)C(C)C.C#CCOCCCCCCCCCCCCl.CC(C)C(C)C(C)(C(=O)[O-])C(C)C(C)C.N. The van der Waals surface area contributed by atoms with Crippen LogP contribution >= 0.6 is 11.6 Å². The third-order valence-electron chi connectivity index (χ3n) is 14.6. The maximum atomic E-state index is 13.3. The number of Topliss-reactive ketones (excluding diaryl/α,β-unsaturated/α-hetero) is 1. The van der Waals surface area contributed by atoms with Gasteiger partial charge in [-0.1, -0.05) is 205 Å². The highest BCUT2D eigenvalue weighted by Gasteiger charge is 2.44. The Morgan fingerprint density at radius 1 is 0.484 bits per heavy atom. The lowest BCUT2D eigenvalue weighted by Crippen LogP contribution is -2.51. The quantitative estimate of drug-likeness (QED) is 0.0381. The Balaban J connectivity index is -0.000000444. The maximum Gasteiger partial charge on any atom is 0.139 e. The van der Waals surface area contributed by atoms with Gasteiger partial charge in [-0.25, -0.2) is 0 Å². The van der Waals surface area contributed by atoms with Crippen molar-refractivity contribution in [3.63, 3.8) is 0 Å². The van der Waals surface area contributed by atoms with Gasteiger partial charge < -0.3 is 25.5 Å². The van der Waals surface area contributed by atoms with E-state index in [1.165, 1.54) is 103 Å². The topological polar surface area (TPSA) is 111 Å². The third kappa shape index (κ3) is 30.5. The zero-order valence-corrected chi connectivity index (χ0v) is 44.3. The summed E-state index contributed by atoms with van der Waals surface area (Å²) in [4.78, 5) is 24.7. The van der Waals surface area contributed by atoms with Gasteiger partial charge in [0.1, 0.15) is 19.0 Å². The van der Waals surface area contributed by atoms with Crippen LogP contribution in [0.4, 0.5) is 0 Å². The van der Waals surface area contributed by atoms with E-state index in [0.29, 0.717) is 54.5 Å². The highest BCUT2D eigenvalue weighted by atomic mass is 35.5. The first-order valence-corrected chi connectivity index (χ1v) is 25.6. The van der Waals surface area contributed by atoms with Crippen LogP contribution in [0, 0.1) is 82.9 Å². The number of ketones is 1. The molecular formula is C55H105ClNO5-. The minimum absolute atomic E-state index is 0. The van der Waals surface area contributed by atoms with Crippen LogP contribution in [0.2, 0.25) is 0 Å². The zero-order chi connectivity index (χ0) is 47.3. The van der Waals surface area contributed by atoms with Crippen LogP contribution in [0.5, 0.6) is 0 Å². The smallest absolute Gasteiger partial charge is 0.139 e. The van der Waals surface area contributed by atoms with Gasteiger partial charge in [0.25, 0.3) is 0 Å². The minimum atomic E-state index is -0.912. The molecule has 0 radical (unpaired) electrons. The fourth-order valence-corrected chi connectivity index (χ4v) is 8.64. The first-order valence-electron chi connectivity index (χ1n) is 25.1. The lowest BCUT2D eigenvalue weighted by Gasteiger charge is -2.45. The van der Waals surface area contributed by atoms with Crippen LogP contribution in [0.3, 0.4) is 0 Å².